The molecule has 7 heteroatoms. The van der Waals surface area contributed by atoms with Crippen LogP contribution in [0.3, 0.4) is 0 Å². The summed E-state index contributed by atoms with van der Waals surface area (Å²) in [5.74, 6) is 1.48. The number of piperidine rings is 1. The molecular formula is C19H21N5O2. The fourth-order valence-electron chi connectivity index (χ4n) is 3.46. The summed E-state index contributed by atoms with van der Waals surface area (Å²) >= 11 is 0. The molecule has 134 valence electrons. The van der Waals surface area contributed by atoms with Crippen LogP contribution in [0.4, 0.5) is 5.82 Å². The molecule has 0 spiro atoms. The van der Waals surface area contributed by atoms with Crippen molar-refractivity contribution < 1.29 is 9.53 Å². The first kappa shape index (κ1) is 16.4. The van der Waals surface area contributed by atoms with E-state index >= 15 is 0 Å². The number of carbonyl (C=O) groups excluding carboxylic acids is 1. The highest BCUT2D eigenvalue weighted by Gasteiger charge is 2.24. The highest BCUT2D eigenvalue weighted by atomic mass is 16.5. The van der Waals surface area contributed by atoms with Gasteiger partial charge in [0.05, 0.1) is 18.9 Å². The molecule has 1 atom stereocenters. The number of hydrogen-bond donors (Lipinski definition) is 1. The van der Waals surface area contributed by atoms with Gasteiger partial charge >= 0.3 is 0 Å². The molecular weight excluding hydrogens is 330 g/mol. The highest BCUT2D eigenvalue weighted by molar-refractivity contribution is 5.97. The number of fused-ring (bicyclic) bond motifs is 1. The molecule has 2 aromatic heterocycles. The van der Waals surface area contributed by atoms with E-state index in [0.717, 1.165) is 37.4 Å². The fourth-order valence-corrected chi connectivity index (χ4v) is 3.46. The topological polar surface area (TPSA) is 71.8 Å². The molecule has 1 amide bonds. The number of para-hydroxylation sites is 1. The molecule has 1 aliphatic heterocycles. The SMILES string of the molecule is COc1ccccc1C(=O)NC1CCCN(c2ccnc3ccnn23)C1. The van der Waals surface area contributed by atoms with Gasteiger partial charge in [-0.15, -0.1) is 0 Å². The van der Waals surface area contributed by atoms with Crippen molar-refractivity contribution in [3.8, 4) is 5.75 Å². The lowest BCUT2D eigenvalue weighted by atomic mass is 10.0. The van der Waals surface area contributed by atoms with Crippen molar-refractivity contribution in [3.05, 3.63) is 54.4 Å². The summed E-state index contributed by atoms with van der Waals surface area (Å²) in [7, 11) is 1.58. The number of hydrogen-bond acceptors (Lipinski definition) is 5. The van der Waals surface area contributed by atoms with Crippen molar-refractivity contribution in [2.45, 2.75) is 18.9 Å². The van der Waals surface area contributed by atoms with E-state index in [9.17, 15) is 4.79 Å². The molecule has 4 rings (SSSR count). The van der Waals surface area contributed by atoms with Crippen molar-refractivity contribution >= 4 is 17.4 Å². The van der Waals surface area contributed by atoms with Gasteiger partial charge in [-0.25, -0.2) is 4.98 Å². The summed E-state index contributed by atoms with van der Waals surface area (Å²) in [6.45, 7) is 1.67. The number of benzene rings is 1. The Labute approximate surface area is 151 Å². The Bertz CT molecular complexity index is 923. The number of aromatic nitrogens is 3. The molecule has 26 heavy (non-hydrogen) atoms. The van der Waals surface area contributed by atoms with Gasteiger partial charge < -0.3 is 15.0 Å². The minimum absolute atomic E-state index is 0.0694. The van der Waals surface area contributed by atoms with Crippen molar-refractivity contribution in [2.75, 3.05) is 25.1 Å². The maximum Gasteiger partial charge on any atom is 0.255 e. The second-order valence-electron chi connectivity index (χ2n) is 6.36. The number of nitrogens with one attached hydrogen (secondary N) is 1. The zero-order chi connectivity index (χ0) is 17.9. The zero-order valence-electron chi connectivity index (χ0n) is 14.6. The minimum atomic E-state index is -0.103. The van der Waals surface area contributed by atoms with E-state index in [0.29, 0.717) is 11.3 Å². The maximum atomic E-state index is 12.7. The van der Waals surface area contributed by atoms with Crippen LogP contribution in [0.15, 0.2) is 48.8 Å². The highest BCUT2D eigenvalue weighted by Crippen LogP contribution is 2.21. The van der Waals surface area contributed by atoms with Crippen molar-refractivity contribution in [1.29, 1.82) is 0 Å². The van der Waals surface area contributed by atoms with Crippen LogP contribution in [-0.4, -0.2) is 46.7 Å². The molecule has 7 nitrogen and oxygen atoms in total. The Balaban J connectivity index is 1.50. The number of ether oxygens (including phenoxy) is 1. The first-order valence-electron chi connectivity index (χ1n) is 8.74. The van der Waals surface area contributed by atoms with E-state index in [-0.39, 0.29) is 11.9 Å². The largest absolute Gasteiger partial charge is 0.496 e. The third-order valence-corrected chi connectivity index (χ3v) is 4.70. The number of amides is 1. The van der Waals surface area contributed by atoms with E-state index in [1.807, 2.05) is 28.8 Å². The van der Waals surface area contributed by atoms with Crippen molar-refractivity contribution in [2.24, 2.45) is 0 Å². The molecule has 3 heterocycles. The maximum absolute atomic E-state index is 12.7. The van der Waals surface area contributed by atoms with Crippen LogP contribution in [-0.2, 0) is 0 Å². The summed E-state index contributed by atoms with van der Waals surface area (Å²) < 4.78 is 7.13. The lowest BCUT2D eigenvalue weighted by Crippen LogP contribution is -2.48. The Morgan fingerprint density at radius 1 is 1.23 bits per heavy atom. The van der Waals surface area contributed by atoms with Gasteiger partial charge in [0.25, 0.3) is 5.91 Å². The number of rotatable bonds is 4. The third-order valence-electron chi connectivity index (χ3n) is 4.70. The minimum Gasteiger partial charge on any atom is -0.496 e. The van der Waals surface area contributed by atoms with E-state index in [2.05, 4.69) is 20.3 Å². The van der Waals surface area contributed by atoms with E-state index in [1.54, 1.807) is 31.6 Å². The number of anilines is 1. The van der Waals surface area contributed by atoms with Gasteiger partial charge in [-0.2, -0.15) is 9.61 Å². The monoisotopic (exact) mass is 351 g/mol. The van der Waals surface area contributed by atoms with Crippen LogP contribution >= 0.6 is 0 Å². The molecule has 0 bridgehead atoms. The predicted molar refractivity (Wildman–Crippen MR) is 98.7 cm³/mol. The summed E-state index contributed by atoms with van der Waals surface area (Å²) in [5, 5.41) is 7.50. The molecule has 1 N–H and O–H groups in total. The van der Waals surface area contributed by atoms with Crippen LogP contribution in [0.1, 0.15) is 23.2 Å². The van der Waals surface area contributed by atoms with Gasteiger partial charge in [-0.3, -0.25) is 4.79 Å². The zero-order valence-corrected chi connectivity index (χ0v) is 14.6. The van der Waals surface area contributed by atoms with Crippen LogP contribution in [0.25, 0.3) is 5.65 Å². The average molecular weight is 351 g/mol. The van der Waals surface area contributed by atoms with Gasteiger partial charge in [-0.05, 0) is 31.0 Å². The van der Waals surface area contributed by atoms with Crippen molar-refractivity contribution in [1.82, 2.24) is 19.9 Å². The smallest absolute Gasteiger partial charge is 0.255 e. The first-order chi connectivity index (χ1) is 12.8. The molecule has 1 fully saturated rings. The Kier molecular flexibility index (Phi) is 4.43. The lowest BCUT2D eigenvalue weighted by Gasteiger charge is -2.34. The second-order valence-corrected chi connectivity index (χ2v) is 6.36. The van der Waals surface area contributed by atoms with Crippen LogP contribution in [0.5, 0.6) is 5.75 Å². The van der Waals surface area contributed by atoms with Gasteiger partial charge in [0.2, 0.25) is 0 Å². The summed E-state index contributed by atoms with van der Waals surface area (Å²) in [6.07, 6.45) is 5.49. The normalized spacial score (nSPS) is 17.3. The third kappa shape index (κ3) is 3.08. The van der Waals surface area contributed by atoms with Gasteiger partial charge in [-0.1, -0.05) is 12.1 Å². The quantitative estimate of drug-likeness (QED) is 0.780. The van der Waals surface area contributed by atoms with Gasteiger partial charge in [0.15, 0.2) is 5.65 Å². The summed E-state index contributed by atoms with van der Waals surface area (Å²) in [5.41, 5.74) is 1.38. The predicted octanol–water partition coefficient (Wildman–Crippen LogP) is 2.14. The van der Waals surface area contributed by atoms with Crippen LogP contribution in [0, 0.1) is 0 Å². The van der Waals surface area contributed by atoms with Gasteiger partial charge in [0.1, 0.15) is 11.6 Å². The van der Waals surface area contributed by atoms with E-state index in [1.165, 1.54) is 0 Å². The van der Waals surface area contributed by atoms with Crippen molar-refractivity contribution in [3.63, 3.8) is 0 Å². The molecule has 0 saturated carbocycles. The number of nitrogens with zero attached hydrogens (tertiary/aromatic N) is 4. The molecule has 1 aliphatic rings. The van der Waals surface area contributed by atoms with Gasteiger partial charge in [0, 0.05) is 31.4 Å². The number of methoxy groups -OCH3 is 1. The Morgan fingerprint density at radius 2 is 2.12 bits per heavy atom. The summed E-state index contributed by atoms with van der Waals surface area (Å²) in [6, 6.07) is 11.2. The molecule has 1 aromatic carbocycles. The second kappa shape index (κ2) is 7.03. The molecule has 0 aliphatic carbocycles. The van der Waals surface area contributed by atoms with E-state index in [4.69, 9.17) is 4.74 Å². The Hall–Kier alpha value is -3.09. The Morgan fingerprint density at radius 3 is 3.00 bits per heavy atom. The summed E-state index contributed by atoms with van der Waals surface area (Å²) in [4.78, 5) is 19.2. The fraction of sp³-hybridized carbons (Fsp3) is 0.316. The molecule has 3 aromatic rings. The first-order valence-corrected chi connectivity index (χ1v) is 8.74. The van der Waals surface area contributed by atoms with Crippen LogP contribution < -0.4 is 15.0 Å². The standard InChI is InChI=1S/C19H21N5O2/c1-26-16-7-3-2-6-15(16)19(25)22-14-5-4-12-23(13-14)18-9-10-20-17-8-11-21-24(17)18/h2-3,6-11,14H,4-5,12-13H2,1H3,(H,22,25). The number of carbonyl (C=O) groups is 1. The molecule has 1 saturated heterocycles. The van der Waals surface area contributed by atoms with E-state index < -0.39 is 0 Å². The molecule has 1 unspecified atom stereocenters. The van der Waals surface area contributed by atoms with Crippen LogP contribution in [0.2, 0.25) is 0 Å². The average Bonchev–Trinajstić information content (AvgIpc) is 3.17. The molecule has 0 radical (unpaired) electrons. The lowest BCUT2D eigenvalue weighted by molar-refractivity contribution is 0.0930.